The lowest BCUT2D eigenvalue weighted by atomic mass is 10.1. The molecule has 0 atom stereocenters. The number of benzene rings is 1. The molecule has 0 unspecified atom stereocenters. The fourth-order valence-electron chi connectivity index (χ4n) is 3.48. The van der Waals surface area contributed by atoms with E-state index in [0.717, 1.165) is 49.7 Å². The molecule has 1 fully saturated rings. The lowest BCUT2D eigenvalue weighted by Gasteiger charge is -2.32. The summed E-state index contributed by atoms with van der Waals surface area (Å²) < 4.78 is 28.4. The zero-order valence-electron chi connectivity index (χ0n) is 19.0. The summed E-state index contributed by atoms with van der Waals surface area (Å²) in [5.41, 5.74) is 2.93. The molecule has 8 nitrogen and oxygen atoms in total. The quantitative estimate of drug-likeness (QED) is 0.284. The topological polar surface area (TPSA) is 99.8 Å². The third-order valence-electron chi connectivity index (χ3n) is 5.30. The molecule has 1 saturated heterocycles. The van der Waals surface area contributed by atoms with Crippen molar-refractivity contribution in [3.8, 4) is 11.5 Å². The number of nitrogens with one attached hydrogen (secondary N) is 2. The van der Waals surface area contributed by atoms with E-state index in [1.54, 1.807) is 6.26 Å². The molecule has 2 N–H and O–H groups in total. The second kappa shape index (κ2) is 12.5. The predicted octanol–water partition coefficient (Wildman–Crippen LogP) is 2.83. The van der Waals surface area contributed by atoms with Crippen LogP contribution in [0.5, 0.6) is 0 Å². The van der Waals surface area contributed by atoms with E-state index in [0.29, 0.717) is 25.0 Å². The van der Waals surface area contributed by atoms with Gasteiger partial charge in [0.2, 0.25) is 5.89 Å². The summed E-state index contributed by atoms with van der Waals surface area (Å²) in [5, 5.41) is 6.79. The number of likely N-dealkylation sites (tertiary alicyclic amines) is 1. The largest absolute Gasteiger partial charge is 0.444 e. The van der Waals surface area contributed by atoms with Gasteiger partial charge in [-0.25, -0.2) is 18.4 Å². The molecule has 0 aliphatic carbocycles. The van der Waals surface area contributed by atoms with Crippen LogP contribution >= 0.6 is 24.0 Å². The maximum absolute atomic E-state index is 11.4. The van der Waals surface area contributed by atoms with Crippen molar-refractivity contribution in [1.29, 1.82) is 0 Å². The van der Waals surface area contributed by atoms with Gasteiger partial charge in [-0.05, 0) is 38.8 Å². The van der Waals surface area contributed by atoms with Gasteiger partial charge in [0, 0.05) is 44.0 Å². The maximum Gasteiger partial charge on any atom is 0.226 e. The number of rotatable bonds is 8. The van der Waals surface area contributed by atoms with Gasteiger partial charge in [0.15, 0.2) is 5.96 Å². The van der Waals surface area contributed by atoms with E-state index in [1.165, 1.54) is 11.8 Å². The van der Waals surface area contributed by atoms with Gasteiger partial charge in [-0.3, -0.25) is 0 Å². The Morgan fingerprint density at radius 3 is 2.56 bits per heavy atom. The van der Waals surface area contributed by atoms with Crippen molar-refractivity contribution in [1.82, 2.24) is 20.5 Å². The first-order valence-electron chi connectivity index (χ1n) is 10.8. The predicted molar refractivity (Wildman–Crippen MR) is 139 cm³/mol. The van der Waals surface area contributed by atoms with E-state index in [2.05, 4.69) is 25.5 Å². The van der Waals surface area contributed by atoms with Crippen molar-refractivity contribution >= 4 is 39.8 Å². The third kappa shape index (κ3) is 8.70. The summed E-state index contributed by atoms with van der Waals surface area (Å²) in [5.74, 6) is 1.58. The van der Waals surface area contributed by atoms with Crippen LogP contribution in [0.4, 0.5) is 0 Å². The van der Waals surface area contributed by atoms with E-state index in [4.69, 9.17) is 4.42 Å². The highest BCUT2D eigenvalue weighted by atomic mass is 127. The van der Waals surface area contributed by atoms with Crippen LogP contribution in [0.25, 0.3) is 11.5 Å². The van der Waals surface area contributed by atoms with E-state index >= 15 is 0 Å². The van der Waals surface area contributed by atoms with E-state index in [1.807, 2.05) is 38.1 Å². The fraction of sp³-hybridized carbons (Fsp3) is 0.545. The van der Waals surface area contributed by atoms with E-state index in [-0.39, 0.29) is 29.7 Å². The number of halogens is 1. The second-order valence-electron chi connectivity index (χ2n) is 8.10. The first-order valence-corrected chi connectivity index (χ1v) is 12.8. The van der Waals surface area contributed by atoms with Gasteiger partial charge in [-0.15, -0.1) is 24.0 Å². The fourth-order valence-corrected chi connectivity index (χ4v) is 4.07. The summed E-state index contributed by atoms with van der Waals surface area (Å²) in [7, 11) is -2.92. The normalized spacial score (nSPS) is 15.9. The molecule has 1 aliphatic heterocycles. The summed E-state index contributed by atoms with van der Waals surface area (Å²) >= 11 is 0. The Hall–Kier alpha value is -1.66. The first-order chi connectivity index (χ1) is 14.8. The standard InChI is InChI=1S/C22H33N5O3S.HI/c1-4-23-22(26-19-9-11-27(12-10-19)13-14-31(3,28)29)24-15-20-16-30-21(25-20)18-7-5-17(2)6-8-18;/h5-8,16,19H,4,9-15H2,1-3H3,(H2,23,24,26);1H. The van der Waals surface area contributed by atoms with Crippen molar-refractivity contribution in [3.05, 3.63) is 41.8 Å². The van der Waals surface area contributed by atoms with Crippen LogP contribution in [0.3, 0.4) is 0 Å². The minimum Gasteiger partial charge on any atom is -0.444 e. The molecule has 2 heterocycles. The minimum absolute atomic E-state index is 0. The van der Waals surface area contributed by atoms with Gasteiger partial charge in [-0.1, -0.05) is 17.7 Å². The number of aliphatic imine (C=N–C) groups is 1. The van der Waals surface area contributed by atoms with E-state index in [9.17, 15) is 8.42 Å². The molecule has 2 aromatic rings. The zero-order valence-corrected chi connectivity index (χ0v) is 22.2. The van der Waals surface area contributed by atoms with Crippen LogP contribution in [0.2, 0.25) is 0 Å². The number of guanidine groups is 1. The number of aryl methyl sites for hydroxylation is 1. The Morgan fingerprint density at radius 1 is 1.25 bits per heavy atom. The Bertz CT molecular complexity index is 968. The lowest BCUT2D eigenvalue weighted by molar-refractivity contribution is 0.216. The van der Waals surface area contributed by atoms with Gasteiger partial charge >= 0.3 is 0 Å². The number of hydrogen-bond acceptors (Lipinski definition) is 6. The van der Waals surface area contributed by atoms with Crippen LogP contribution in [0.15, 0.2) is 39.9 Å². The van der Waals surface area contributed by atoms with Crippen molar-refractivity contribution in [2.45, 2.75) is 39.3 Å². The Labute approximate surface area is 208 Å². The van der Waals surface area contributed by atoms with Gasteiger partial charge < -0.3 is 20.0 Å². The molecule has 178 valence electrons. The number of piperidine rings is 1. The monoisotopic (exact) mass is 575 g/mol. The first kappa shape index (κ1) is 26.6. The molecule has 32 heavy (non-hydrogen) atoms. The molecular weight excluding hydrogens is 541 g/mol. The molecule has 1 aromatic carbocycles. The maximum atomic E-state index is 11.4. The van der Waals surface area contributed by atoms with Crippen LogP contribution in [0.1, 0.15) is 31.0 Å². The van der Waals surface area contributed by atoms with Crippen molar-refractivity contribution in [2.24, 2.45) is 4.99 Å². The molecule has 0 saturated carbocycles. The molecule has 0 bridgehead atoms. The highest BCUT2D eigenvalue weighted by Crippen LogP contribution is 2.19. The number of nitrogens with zero attached hydrogens (tertiary/aromatic N) is 3. The van der Waals surface area contributed by atoms with Gasteiger partial charge in [-0.2, -0.15) is 0 Å². The van der Waals surface area contributed by atoms with Crippen molar-refractivity contribution < 1.29 is 12.8 Å². The van der Waals surface area contributed by atoms with Gasteiger partial charge in [0.25, 0.3) is 0 Å². The number of aromatic nitrogens is 1. The molecule has 0 spiro atoms. The molecule has 0 radical (unpaired) electrons. The molecule has 1 aromatic heterocycles. The summed E-state index contributed by atoms with van der Waals surface area (Å²) in [6.45, 7) is 7.66. The van der Waals surface area contributed by atoms with Gasteiger partial charge in [0.1, 0.15) is 21.8 Å². The SMILES string of the molecule is CCNC(=NCc1coc(-c2ccc(C)cc2)n1)NC1CCN(CCS(C)(=O)=O)CC1.I. The van der Waals surface area contributed by atoms with Crippen LogP contribution < -0.4 is 10.6 Å². The molecular formula is C22H34IN5O3S. The van der Waals surface area contributed by atoms with Crippen LogP contribution in [-0.2, 0) is 16.4 Å². The zero-order chi connectivity index (χ0) is 22.3. The molecule has 3 rings (SSSR count). The molecule has 10 heteroatoms. The number of sulfone groups is 1. The summed E-state index contributed by atoms with van der Waals surface area (Å²) in [4.78, 5) is 11.4. The second-order valence-corrected chi connectivity index (χ2v) is 10.4. The van der Waals surface area contributed by atoms with Crippen molar-refractivity contribution in [2.75, 3.05) is 38.2 Å². The third-order valence-corrected chi connectivity index (χ3v) is 6.22. The Kier molecular flexibility index (Phi) is 10.4. The lowest BCUT2D eigenvalue weighted by Crippen LogP contribution is -2.49. The Morgan fingerprint density at radius 2 is 1.94 bits per heavy atom. The highest BCUT2D eigenvalue weighted by molar-refractivity contribution is 14.0. The summed E-state index contributed by atoms with van der Waals surface area (Å²) in [6.07, 6.45) is 4.85. The average molecular weight is 576 g/mol. The van der Waals surface area contributed by atoms with Crippen molar-refractivity contribution in [3.63, 3.8) is 0 Å². The molecule has 1 aliphatic rings. The number of oxazole rings is 1. The average Bonchev–Trinajstić information content (AvgIpc) is 3.21. The van der Waals surface area contributed by atoms with Crippen LogP contribution in [-0.4, -0.2) is 68.5 Å². The van der Waals surface area contributed by atoms with Gasteiger partial charge in [0.05, 0.1) is 12.3 Å². The smallest absolute Gasteiger partial charge is 0.226 e. The van der Waals surface area contributed by atoms with E-state index < -0.39 is 9.84 Å². The Balaban J connectivity index is 0.00000363. The van der Waals surface area contributed by atoms with Crippen LogP contribution in [0, 0.1) is 6.92 Å². The minimum atomic E-state index is -2.92. The number of hydrogen-bond donors (Lipinski definition) is 2. The molecule has 0 amide bonds. The summed E-state index contributed by atoms with van der Waals surface area (Å²) in [6, 6.07) is 8.39. The highest BCUT2D eigenvalue weighted by Gasteiger charge is 2.20.